The molecule has 98 valence electrons. The number of hydrogen-bond donors (Lipinski definition) is 1. The molecule has 1 heterocycles. The summed E-state index contributed by atoms with van der Waals surface area (Å²) in [5.74, 6) is 2.10. The SMILES string of the molecule is COc1cccc([C@H](O)c2ccc3c(c2)OCO3)c1. The van der Waals surface area contributed by atoms with Crippen LogP contribution in [0.15, 0.2) is 42.5 Å². The zero-order valence-electron chi connectivity index (χ0n) is 10.5. The molecule has 0 unspecified atom stereocenters. The molecule has 1 atom stereocenters. The monoisotopic (exact) mass is 258 g/mol. The quantitative estimate of drug-likeness (QED) is 0.919. The van der Waals surface area contributed by atoms with E-state index in [2.05, 4.69) is 0 Å². The molecule has 4 nitrogen and oxygen atoms in total. The second kappa shape index (κ2) is 4.82. The van der Waals surface area contributed by atoms with Crippen molar-refractivity contribution >= 4 is 0 Å². The van der Waals surface area contributed by atoms with Gasteiger partial charge in [-0.25, -0.2) is 0 Å². The van der Waals surface area contributed by atoms with Gasteiger partial charge >= 0.3 is 0 Å². The highest BCUT2D eigenvalue weighted by Crippen LogP contribution is 2.35. The summed E-state index contributed by atoms with van der Waals surface area (Å²) in [6.45, 7) is 0.230. The smallest absolute Gasteiger partial charge is 0.231 e. The second-order valence-corrected chi connectivity index (χ2v) is 4.29. The zero-order valence-corrected chi connectivity index (χ0v) is 10.5. The van der Waals surface area contributed by atoms with Crippen molar-refractivity contribution in [3.8, 4) is 17.2 Å². The van der Waals surface area contributed by atoms with E-state index in [0.29, 0.717) is 11.5 Å². The maximum absolute atomic E-state index is 10.4. The van der Waals surface area contributed by atoms with Crippen LogP contribution in [-0.2, 0) is 0 Å². The molecule has 0 saturated carbocycles. The summed E-state index contributed by atoms with van der Waals surface area (Å²) in [6, 6.07) is 12.8. The van der Waals surface area contributed by atoms with Gasteiger partial charge in [0.2, 0.25) is 6.79 Å². The topological polar surface area (TPSA) is 47.9 Å². The third kappa shape index (κ3) is 2.22. The molecule has 2 aromatic carbocycles. The standard InChI is InChI=1S/C15H14O4/c1-17-12-4-2-3-10(7-12)15(16)11-5-6-13-14(8-11)19-9-18-13/h2-8,15-16H,9H2,1H3/t15-/m0/s1. The Morgan fingerprint density at radius 2 is 1.84 bits per heavy atom. The van der Waals surface area contributed by atoms with Crippen molar-refractivity contribution in [1.29, 1.82) is 0 Å². The molecule has 0 amide bonds. The first kappa shape index (κ1) is 11.9. The Labute approximate surface area is 111 Å². The van der Waals surface area contributed by atoms with Gasteiger partial charge in [0.25, 0.3) is 0 Å². The summed E-state index contributed by atoms with van der Waals surface area (Å²) < 4.78 is 15.7. The number of rotatable bonds is 3. The normalized spacial score (nSPS) is 14.2. The molecule has 0 spiro atoms. The molecule has 0 aromatic heterocycles. The predicted molar refractivity (Wildman–Crippen MR) is 69.6 cm³/mol. The average molecular weight is 258 g/mol. The summed E-state index contributed by atoms with van der Waals surface area (Å²) >= 11 is 0. The Hall–Kier alpha value is -2.20. The van der Waals surface area contributed by atoms with Crippen LogP contribution in [0.3, 0.4) is 0 Å². The Morgan fingerprint density at radius 3 is 2.68 bits per heavy atom. The largest absolute Gasteiger partial charge is 0.497 e. The van der Waals surface area contributed by atoms with Crippen molar-refractivity contribution in [2.75, 3.05) is 13.9 Å². The average Bonchev–Trinajstić information content (AvgIpc) is 2.94. The zero-order chi connectivity index (χ0) is 13.2. The van der Waals surface area contributed by atoms with Gasteiger partial charge in [0, 0.05) is 0 Å². The fourth-order valence-electron chi connectivity index (χ4n) is 2.09. The first-order valence-corrected chi connectivity index (χ1v) is 5.99. The molecule has 2 aromatic rings. The van der Waals surface area contributed by atoms with E-state index in [1.807, 2.05) is 30.3 Å². The Bertz CT molecular complexity index is 594. The van der Waals surface area contributed by atoms with E-state index in [4.69, 9.17) is 14.2 Å². The summed E-state index contributed by atoms with van der Waals surface area (Å²) in [7, 11) is 1.60. The van der Waals surface area contributed by atoms with E-state index in [1.54, 1.807) is 19.2 Å². The van der Waals surface area contributed by atoms with Crippen LogP contribution in [0.1, 0.15) is 17.2 Å². The van der Waals surface area contributed by atoms with E-state index in [9.17, 15) is 5.11 Å². The van der Waals surface area contributed by atoms with E-state index in [0.717, 1.165) is 16.9 Å². The van der Waals surface area contributed by atoms with Crippen molar-refractivity contribution in [3.63, 3.8) is 0 Å². The Kier molecular flexibility index (Phi) is 3.01. The van der Waals surface area contributed by atoms with Crippen molar-refractivity contribution in [2.45, 2.75) is 6.10 Å². The molecule has 0 aliphatic carbocycles. The van der Waals surface area contributed by atoms with Crippen molar-refractivity contribution in [3.05, 3.63) is 53.6 Å². The Morgan fingerprint density at radius 1 is 1.05 bits per heavy atom. The lowest BCUT2D eigenvalue weighted by molar-refractivity contribution is 0.173. The highest BCUT2D eigenvalue weighted by Gasteiger charge is 2.17. The first-order valence-electron chi connectivity index (χ1n) is 5.99. The van der Waals surface area contributed by atoms with Gasteiger partial charge in [-0.3, -0.25) is 0 Å². The van der Waals surface area contributed by atoms with Crippen molar-refractivity contribution < 1.29 is 19.3 Å². The number of ether oxygens (including phenoxy) is 3. The fraction of sp³-hybridized carbons (Fsp3) is 0.200. The molecular weight excluding hydrogens is 244 g/mol. The summed E-state index contributed by atoms with van der Waals surface area (Å²) in [4.78, 5) is 0. The summed E-state index contributed by atoms with van der Waals surface area (Å²) in [5.41, 5.74) is 1.54. The summed E-state index contributed by atoms with van der Waals surface area (Å²) in [5, 5.41) is 10.4. The molecule has 0 radical (unpaired) electrons. The van der Waals surface area contributed by atoms with E-state index < -0.39 is 6.10 Å². The third-order valence-electron chi connectivity index (χ3n) is 3.12. The second-order valence-electron chi connectivity index (χ2n) is 4.29. The van der Waals surface area contributed by atoms with Crippen LogP contribution in [0.5, 0.6) is 17.2 Å². The van der Waals surface area contributed by atoms with Gasteiger partial charge in [-0.1, -0.05) is 18.2 Å². The van der Waals surface area contributed by atoms with Gasteiger partial charge in [0.15, 0.2) is 11.5 Å². The van der Waals surface area contributed by atoms with Crippen LogP contribution < -0.4 is 14.2 Å². The van der Waals surface area contributed by atoms with Gasteiger partial charge in [-0.15, -0.1) is 0 Å². The maximum atomic E-state index is 10.4. The Balaban J connectivity index is 1.92. The van der Waals surface area contributed by atoms with E-state index >= 15 is 0 Å². The van der Waals surface area contributed by atoms with Crippen LogP contribution in [0, 0.1) is 0 Å². The number of benzene rings is 2. The number of fused-ring (bicyclic) bond motifs is 1. The highest BCUT2D eigenvalue weighted by atomic mass is 16.7. The minimum absolute atomic E-state index is 0.230. The van der Waals surface area contributed by atoms with Gasteiger partial charge in [-0.2, -0.15) is 0 Å². The molecule has 4 heteroatoms. The van der Waals surface area contributed by atoms with Crippen LogP contribution in [0.4, 0.5) is 0 Å². The lowest BCUT2D eigenvalue weighted by Gasteiger charge is -2.13. The van der Waals surface area contributed by atoms with Crippen LogP contribution >= 0.6 is 0 Å². The van der Waals surface area contributed by atoms with Crippen molar-refractivity contribution in [2.24, 2.45) is 0 Å². The molecule has 0 fully saturated rings. The lowest BCUT2D eigenvalue weighted by atomic mass is 10.0. The maximum Gasteiger partial charge on any atom is 0.231 e. The van der Waals surface area contributed by atoms with Gasteiger partial charge in [0.1, 0.15) is 11.9 Å². The molecule has 1 aliphatic rings. The molecule has 1 N–H and O–H groups in total. The molecule has 0 bridgehead atoms. The van der Waals surface area contributed by atoms with Gasteiger partial charge < -0.3 is 19.3 Å². The number of aliphatic hydroxyl groups is 1. The van der Waals surface area contributed by atoms with E-state index in [-0.39, 0.29) is 6.79 Å². The highest BCUT2D eigenvalue weighted by molar-refractivity contribution is 5.47. The van der Waals surface area contributed by atoms with Gasteiger partial charge in [-0.05, 0) is 35.4 Å². The third-order valence-corrected chi connectivity index (χ3v) is 3.12. The number of methoxy groups -OCH3 is 1. The van der Waals surface area contributed by atoms with Crippen molar-refractivity contribution in [1.82, 2.24) is 0 Å². The fourth-order valence-corrected chi connectivity index (χ4v) is 2.09. The molecule has 19 heavy (non-hydrogen) atoms. The first-order chi connectivity index (χ1) is 9.28. The van der Waals surface area contributed by atoms with Gasteiger partial charge in [0.05, 0.1) is 7.11 Å². The minimum Gasteiger partial charge on any atom is -0.497 e. The lowest BCUT2D eigenvalue weighted by Crippen LogP contribution is -2.00. The van der Waals surface area contributed by atoms with Crippen LogP contribution in [0.25, 0.3) is 0 Å². The summed E-state index contributed by atoms with van der Waals surface area (Å²) in [6.07, 6.45) is -0.718. The van der Waals surface area contributed by atoms with Crippen LogP contribution in [-0.4, -0.2) is 19.0 Å². The molecule has 3 rings (SSSR count). The molecular formula is C15H14O4. The number of hydrogen-bond acceptors (Lipinski definition) is 4. The predicted octanol–water partition coefficient (Wildman–Crippen LogP) is 2.51. The van der Waals surface area contributed by atoms with Crippen LogP contribution in [0.2, 0.25) is 0 Å². The minimum atomic E-state index is -0.718. The molecule has 1 aliphatic heterocycles. The van der Waals surface area contributed by atoms with E-state index in [1.165, 1.54) is 0 Å². The molecule has 0 saturated heterocycles. The number of aliphatic hydroxyl groups excluding tert-OH is 1.